The second-order valence-corrected chi connectivity index (χ2v) is 28.8. The second kappa shape index (κ2) is 80.2. The minimum Gasteiger partial charge on any atom is -0.462 e. The molecule has 0 spiro atoms. The van der Waals surface area contributed by atoms with E-state index in [1.54, 1.807) is 0 Å². The van der Waals surface area contributed by atoms with Gasteiger partial charge < -0.3 is 33.8 Å². The fourth-order valence-corrected chi connectivity index (χ4v) is 11.2. The van der Waals surface area contributed by atoms with Gasteiger partial charge in [0.1, 0.15) is 19.3 Å². The van der Waals surface area contributed by atoms with Crippen molar-refractivity contribution in [2.75, 3.05) is 39.6 Å². The van der Waals surface area contributed by atoms with E-state index in [-0.39, 0.29) is 25.7 Å². The van der Waals surface area contributed by atoms with E-state index in [1.807, 2.05) is 54.7 Å². The first kappa shape index (κ1) is 103. The monoisotopic (exact) mass is 1570 g/mol. The van der Waals surface area contributed by atoms with Gasteiger partial charge in [-0.25, -0.2) is 9.13 Å². The largest absolute Gasteiger partial charge is 0.472 e. The van der Waals surface area contributed by atoms with E-state index in [0.717, 1.165) is 135 Å². The normalized spacial score (nSPS) is 15.0. The van der Waals surface area contributed by atoms with Crippen molar-refractivity contribution in [1.82, 2.24) is 0 Å². The molecule has 0 aromatic heterocycles. The highest BCUT2D eigenvalue weighted by molar-refractivity contribution is 7.47. The van der Waals surface area contributed by atoms with Gasteiger partial charge in [-0.3, -0.25) is 37.3 Å². The van der Waals surface area contributed by atoms with E-state index >= 15 is 0 Å². The average Bonchev–Trinajstić information content (AvgIpc) is 0.900. The van der Waals surface area contributed by atoms with Crippen LogP contribution in [0.2, 0.25) is 0 Å². The number of aliphatic hydroxyl groups excluding tert-OH is 1. The second-order valence-electron chi connectivity index (χ2n) is 25.9. The van der Waals surface area contributed by atoms with Crippen molar-refractivity contribution >= 4 is 39.5 Å². The molecule has 0 aliphatic carbocycles. The standard InChI is InChI=1S/C91H140O17P2/c1-5-9-13-17-21-25-29-33-36-39-42-45-48-52-55-59-63-67-71-75-88(93)101-81-86(107-90(95)77-73-69-65-61-57-51-32-28-24-20-16-12-8-4)83-105-109(97,98)103-79-85(92)80-104-110(99,100)106-84-87(108-91(96)78-74-70-66-62-58-54-50-47-44-41-38-35-31-27-23-19-15-11-7-3)82-102-89(94)76-72-68-64-60-56-53-49-46-43-40-37-34-30-26-22-18-14-10-6-2/h9-11,13-15,21-23,25-28,32-38,42-47,52-56,58,63-64,66-68,70,85-87,92H,5-8,12,16-20,24,29-31,39-41,48-51,57,59-62,65,69,71-84H2,1-4H3,(H,97,98)(H,99,100)/b13-9-,14-10-,15-11-,25-21-,26-22-,27-23-,32-28-,36-33-,37-34-,38-35-,45-42-,46-43-,47-44-,55-52-,56-53-,58-54-,67-63-,68-64-,70-66-. The summed E-state index contributed by atoms with van der Waals surface area (Å²) in [6.45, 7) is 4.20. The van der Waals surface area contributed by atoms with Crippen LogP contribution in [0.5, 0.6) is 0 Å². The Morgan fingerprint density at radius 1 is 0.264 bits per heavy atom. The van der Waals surface area contributed by atoms with Crippen LogP contribution in [0.15, 0.2) is 231 Å². The predicted molar refractivity (Wildman–Crippen MR) is 454 cm³/mol. The summed E-state index contributed by atoms with van der Waals surface area (Å²) in [6, 6.07) is 0. The van der Waals surface area contributed by atoms with E-state index in [1.165, 1.54) is 25.7 Å². The molecule has 17 nitrogen and oxygen atoms in total. The number of ether oxygens (including phenoxy) is 4. The number of hydrogen-bond donors (Lipinski definition) is 3. The minimum atomic E-state index is -5.04. The fourth-order valence-electron chi connectivity index (χ4n) is 9.58. The zero-order valence-corrected chi connectivity index (χ0v) is 69.1. The van der Waals surface area contributed by atoms with Crippen LogP contribution >= 0.6 is 15.6 Å². The summed E-state index contributed by atoms with van der Waals surface area (Å²) in [6.07, 6.45) is 104. The highest BCUT2D eigenvalue weighted by atomic mass is 31.2. The number of phosphoric ester groups is 2. The van der Waals surface area contributed by atoms with Gasteiger partial charge in [0, 0.05) is 25.7 Å². The lowest BCUT2D eigenvalue weighted by Gasteiger charge is -2.21. The molecule has 0 radical (unpaired) electrons. The third-order valence-corrected chi connectivity index (χ3v) is 17.5. The molecule has 0 fully saturated rings. The molecule has 3 N–H and O–H groups in total. The molecule has 0 saturated carbocycles. The number of esters is 4. The summed E-state index contributed by atoms with van der Waals surface area (Å²) in [5.41, 5.74) is 0. The Morgan fingerprint density at radius 3 is 0.782 bits per heavy atom. The van der Waals surface area contributed by atoms with Gasteiger partial charge >= 0.3 is 39.5 Å². The predicted octanol–water partition coefficient (Wildman–Crippen LogP) is 24.2. The van der Waals surface area contributed by atoms with E-state index in [9.17, 15) is 43.2 Å². The van der Waals surface area contributed by atoms with Gasteiger partial charge in [-0.15, -0.1) is 0 Å². The van der Waals surface area contributed by atoms with Crippen LogP contribution in [0.1, 0.15) is 259 Å². The summed E-state index contributed by atoms with van der Waals surface area (Å²) >= 11 is 0. The highest BCUT2D eigenvalue weighted by Gasteiger charge is 2.30. The lowest BCUT2D eigenvalue weighted by Crippen LogP contribution is -2.30. The number of phosphoric acid groups is 2. The van der Waals surface area contributed by atoms with Crippen molar-refractivity contribution in [2.45, 2.75) is 277 Å². The van der Waals surface area contributed by atoms with Crippen molar-refractivity contribution in [1.29, 1.82) is 0 Å². The summed E-state index contributed by atoms with van der Waals surface area (Å²) in [7, 11) is -10.1. The summed E-state index contributed by atoms with van der Waals surface area (Å²) in [4.78, 5) is 73.0. The van der Waals surface area contributed by atoms with Crippen molar-refractivity contribution in [3.63, 3.8) is 0 Å². The maximum absolute atomic E-state index is 13.1. The van der Waals surface area contributed by atoms with Crippen LogP contribution in [-0.2, 0) is 65.4 Å². The molecule has 0 rings (SSSR count). The number of rotatable bonds is 73. The molecule has 19 heteroatoms. The molecule has 0 amide bonds. The van der Waals surface area contributed by atoms with Crippen LogP contribution in [-0.4, -0.2) is 96.7 Å². The smallest absolute Gasteiger partial charge is 0.462 e. The maximum Gasteiger partial charge on any atom is 0.472 e. The zero-order valence-electron chi connectivity index (χ0n) is 67.3. The first-order valence-corrected chi connectivity index (χ1v) is 43.6. The SMILES string of the molecule is CC/C=C\C/C=C\C/C=C\C/C=C\C/C=C\C/C=C\CCC(=O)OCC(COP(=O)(O)OCC(O)COP(=O)(O)OCC(COC(=O)CC/C=C\C/C=C\C/C=C\C/C=C\C/C=C\C/C=C\CC)OC(=O)CCCCCCC/C=C\CCCCCC)OC(=O)CC/C=C\C/C=C\C/C=C\C/C=C\C/C=C\C/C=C\CC. The lowest BCUT2D eigenvalue weighted by molar-refractivity contribution is -0.161. The molecule has 5 unspecified atom stereocenters. The van der Waals surface area contributed by atoms with Crippen LogP contribution in [0, 0.1) is 0 Å². The molecule has 0 aliphatic rings. The molecule has 110 heavy (non-hydrogen) atoms. The molecule has 0 aromatic rings. The average molecular weight is 1570 g/mol. The van der Waals surface area contributed by atoms with Gasteiger partial charge in [0.25, 0.3) is 0 Å². The number of allylic oxidation sites excluding steroid dienone is 38. The minimum absolute atomic E-state index is 0.00821. The Balaban J connectivity index is 5.60. The molecule has 616 valence electrons. The molecular formula is C91H140O17P2. The van der Waals surface area contributed by atoms with E-state index in [2.05, 4.69) is 204 Å². The van der Waals surface area contributed by atoms with E-state index in [4.69, 9.17) is 37.0 Å². The van der Waals surface area contributed by atoms with Gasteiger partial charge in [-0.1, -0.05) is 297 Å². The number of unbranched alkanes of at least 4 members (excludes halogenated alkanes) is 9. The molecule has 0 aromatic carbocycles. The van der Waals surface area contributed by atoms with Crippen LogP contribution in [0.25, 0.3) is 0 Å². The first-order chi connectivity index (χ1) is 53.7. The quantitative estimate of drug-likeness (QED) is 0.0169. The summed E-state index contributed by atoms with van der Waals surface area (Å²) in [5.74, 6) is -2.51. The van der Waals surface area contributed by atoms with Crippen molar-refractivity contribution in [3.8, 4) is 0 Å². The van der Waals surface area contributed by atoms with E-state index in [0.29, 0.717) is 44.9 Å². The molecule has 5 atom stereocenters. The Kier molecular flexibility index (Phi) is 75.2. The third kappa shape index (κ3) is 79.2. The molecular weight excluding hydrogens is 1430 g/mol. The third-order valence-electron chi connectivity index (χ3n) is 15.6. The Bertz CT molecular complexity index is 3000. The van der Waals surface area contributed by atoms with Gasteiger partial charge in [-0.05, 0) is 167 Å². The Morgan fingerprint density at radius 2 is 0.491 bits per heavy atom. The molecule has 0 bridgehead atoms. The Hall–Kier alpha value is -6.88. The number of carbonyl (C=O) groups excluding carboxylic acids is 4. The fraction of sp³-hybridized carbons (Fsp3) is 0.538. The number of aliphatic hydroxyl groups is 1. The molecule has 0 heterocycles. The Labute approximate surface area is 664 Å². The summed E-state index contributed by atoms with van der Waals surface area (Å²) < 4.78 is 68.4. The van der Waals surface area contributed by atoms with Crippen molar-refractivity contribution in [3.05, 3.63) is 231 Å². The topological polar surface area (TPSA) is 237 Å². The van der Waals surface area contributed by atoms with Gasteiger partial charge in [0.2, 0.25) is 0 Å². The van der Waals surface area contributed by atoms with Crippen LogP contribution < -0.4 is 0 Å². The van der Waals surface area contributed by atoms with Gasteiger partial charge in [0.15, 0.2) is 12.2 Å². The molecule has 0 saturated heterocycles. The van der Waals surface area contributed by atoms with Crippen LogP contribution in [0.4, 0.5) is 0 Å². The van der Waals surface area contributed by atoms with Crippen LogP contribution in [0.3, 0.4) is 0 Å². The van der Waals surface area contributed by atoms with Crippen molar-refractivity contribution < 1.29 is 80.2 Å². The lowest BCUT2D eigenvalue weighted by atomic mass is 10.1. The highest BCUT2D eigenvalue weighted by Crippen LogP contribution is 2.45. The molecule has 0 aliphatic heterocycles. The van der Waals surface area contributed by atoms with Gasteiger partial charge in [0.05, 0.1) is 26.4 Å². The van der Waals surface area contributed by atoms with Crippen molar-refractivity contribution in [2.24, 2.45) is 0 Å². The maximum atomic E-state index is 13.1. The summed E-state index contributed by atoms with van der Waals surface area (Å²) in [5, 5.41) is 10.6. The van der Waals surface area contributed by atoms with E-state index < -0.39 is 97.5 Å². The number of hydrogen-bond acceptors (Lipinski definition) is 15. The van der Waals surface area contributed by atoms with Gasteiger partial charge in [-0.2, -0.15) is 0 Å². The number of carbonyl (C=O) groups is 4. The first-order valence-electron chi connectivity index (χ1n) is 40.6. The zero-order chi connectivity index (χ0) is 80.3.